The molecule has 0 spiro atoms. The third-order valence-electron chi connectivity index (χ3n) is 4.73. The molecule has 0 aliphatic carbocycles. The third-order valence-corrected chi connectivity index (χ3v) is 5.64. The second kappa shape index (κ2) is 8.27. The molecule has 0 atom stereocenters. The maximum atomic E-state index is 14.1. The number of rotatable bonds is 5. The molecule has 0 radical (unpaired) electrons. The number of hydrogen-bond acceptors (Lipinski definition) is 5. The Labute approximate surface area is 185 Å². The molecule has 2 aromatic carbocycles. The molecule has 0 unspecified atom stereocenters. The number of H-pyrrole nitrogens is 1. The number of nitrogens with one attached hydrogen (secondary N) is 2. The lowest BCUT2D eigenvalue weighted by atomic mass is 10.2. The van der Waals surface area contributed by atoms with Crippen molar-refractivity contribution >= 4 is 34.0 Å². The largest absolute Gasteiger partial charge is 0.338 e. The standard InChI is InChI=1S/C23H15F2N5OS/c24-13-4-6-17(25)16(9-13)22-29-18-7-5-14(10-20(18)30-22)27-21(31)11-15-12-32-23(28-15)19-3-1-2-8-26-19/h1-10,12H,11H2,(H,27,31)(H,29,30). The van der Waals surface area contributed by atoms with Gasteiger partial charge in [0.05, 0.1) is 34.4 Å². The van der Waals surface area contributed by atoms with E-state index in [1.54, 1.807) is 24.4 Å². The van der Waals surface area contributed by atoms with Crippen LogP contribution in [0.2, 0.25) is 0 Å². The summed E-state index contributed by atoms with van der Waals surface area (Å²) in [5.74, 6) is -1.14. The summed E-state index contributed by atoms with van der Waals surface area (Å²) in [6.07, 6.45) is 1.81. The molecule has 0 aliphatic heterocycles. The molecule has 3 heterocycles. The smallest absolute Gasteiger partial charge is 0.230 e. The molecule has 32 heavy (non-hydrogen) atoms. The molecule has 9 heteroatoms. The Bertz CT molecular complexity index is 1430. The number of carbonyl (C=O) groups is 1. The zero-order valence-corrected chi connectivity index (χ0v) is 17.3. The van der Waals surface area contributed by atoms with Gasteiger partial charge in [-0.2, -0.15) is 0 Å². The first-order valence-electron chi connectivity index (χ1n) is 9.66. The minimum absolute atomic E-state index is 0.0408. The van der Waals surface area contributed by atoms with Crippen LogP contribution in [0.4, 0.5) is 14.5 Å². The number of pyridine rings is 1. The fourth-order valence-electron chi connectivity index (χ4n) is 3.26. The Kier molecular flexibility index (Phi) is 5.16. The second-order valence-corrected chi connectivity index (χ2v) is 7.88. The van der Waals surface area contributed by atoms with Crippen molar-refractivity contribution in [2.24, 2.45) is 0 Å². The highest BCUT2D eigenvalue weighted by Crippen LogP contribution is 2.26. The van der Waals surface area contributed by atoms with E-state index >= 15 is 0 Å². The lowest BCUT2D eigenvalue weighted by Gasteiger charge is -2.04. The number of aromatic amines is 1. The van der Waals surface area contributed by atoms with Gasteiger partial charge in [-0.05, 0) is 48.5 Å². The third kappa shape index (κ3) is 4.10. The molecular weight excluding hydrogens is 432 g/mol. The van der Waals surface area contributed by atoms with Gasteiger partial charge < -0.3 is 10.3 Å². The van der Waals surface area contributed by atoms with E-state index in [0.717, 1.165) is 28.9 Å². The summed E-state index contributed by atoms with van der Waals surface area (Å²) in [5, 5.41) is 5.42. The summed E-state index contributed by atoms with van der Waals surface area (Å²) in [5.41, 5.74) is 3.17. The summed E-state index contributed by atoms with van der Waals surface area (Å²) in [7, 11) is 0. The highest BCUT2D eigenvalue weighted by molar-refractivity contribution is 7.13. The molecule has 3 aromatic heterocycles. The van der Waals surface area contributed by atoms with Crippen molar-refractivity contribution in [1.29, 1.82) is 0 Å². The van der Waals surface area contributed by atoms with Crippen LogP contribution in [0.15, 0.2) is 66.2 Å². The van der Waals surface area contributed by atoms with Crippen molar-refractivity contribution < 1.29 is 13.6 Å². The number of carbonyl (C=O) groups excluding carboxylic acids is 1. The Morgan fingerprint density at radius 1 is 1.06 bits per heavy atom. The van der Waals surface area contributed by atoms with Crippen LogP contribution in [0.1, 0.15) is 5.69 Å². The van der Waals surface area contributed by atoms with Crippen LogP contribution in [0.25, 0.3) is 33.1 Å². The van der Waals surface area contributed by atoms with Crippen molar-refractivity contribution in [3.05, 3.63) is 83.5 Å². The Morgan fingerprint density at radius 3 is 2.81 bits per heavy atom. The number of aromatic nitrogens is 4. The monoisotopic (exact) mass is 447 g/mol. The SMILES string of the molecule is O=C(Cc1csc(-c2ccccn2)n1)Nc1ccc2nc(-c3cc(F)ccc3F)[nH]c2c1. The van der Waals surface area contributed by atoms with Crippen LogP contribution in [-0.2, 0) is 11.2 Å². The van der Waals surface area contributed by atoms with Gasteiger partial charge in [-0.3, -0.25) is 9.78 Å². The van der Waals surface area contributed by atoms with Crippen LogP contribution in [-0.4, -0.2) is 25.8 Å². The van der Waals surface area contributed by atoms with Crippen LogP contribution >= 0.6 is 11.3 Å². The molecule has 0 aliphatic rings. The fourth-order valence-corrected chi connectivity index (χ4v) is 4.05. The second-order valence-electron chi connectivity index (χ2n) is 7.03. The van der Waals surface area contributed by atoms with E-state index in [9.17, 15) is 13.6 Å². The molecule has 0 bridgehead atoms. The summed E-state index contributed by atoms with van der Waals surface area (Å²) >= 11 is 1.43. The molecule has 6 nitrogen and oxygen atoms in total. The van der Waals surface area contributed by atoms with Crippen molar-refractivity contribution in [3.8, 4) is 22.1 Å². The highest BCUT2D eigenvalue weighted by Gasteiger charge is 2.13. The normalized spacial score (nSPS) is 11.1. The quantitative estimate of drug-likeness (QED) is 0.388. The number of anilines is 1. The van der Waals surface area contributed by atoms with E-state index in [1.807, 2.05) is 23.6 Å². The first kappa shape index (κ1) is 20.0. The van der Waals surface area contributed by atoms with Gasteiger partial charge in [-0.1, -0.05) is 6.07 Å². The van der Waals surface area contributed by atoms with E-state index in [2.05, 4.69) is 25.3 Å². The van der Waals surface area contributed by atoms with Crippen LogP contribution in [0.5, 0.6) is 0 Å². The average molecular weight is 447 g/mol. The van der Waals surface area contributed by atoms with Crippen molar-refractivity contribution in [3.63, 3.8) is 0 Å². The Balaban J connectivity index is 1.31. The Morgan fingerprint density at radius 2 is 1.97 bits per heavy atom. The number of fused-ring (bicyclic) bond motifs is 1. The van der Waals surface area contributed by atoms with Gasteiger partial charge in [-0.15, -0.1) is 11.3 Å². The number of thiazole rings is 1. The van der Waals surface area contributed by atoms with Crippen LogP contribution in [0.3, 0.4) is 0 Å². The zero-order chi connectivity index (χ0) is 22.1. The number of nitrogens with zero attached hydrogens (tertiary/aromatic N) is 3. The fraction of sp³-hybridized carbons (Fsp3) is 0.0435. The number of benzene rings is 2. The minimum atomic E-state index is -0.577. The van der Waals surface area contributed by atoms with E-state index in [-0.39, 0.29) is 23.7 Å². The molecule has 5 rings (SSSR count). The molecule has 2 N–H and O–H groups in total. The van der Waals surface area contributed by atoms with Gasteiger partial charge in [-0.25, -0.2) is 18.7 Å². The maximum absolute atomic E-state index is 14.1. The summed E-state index contributed by atoms with van der Waals surface area (Å²) in [6, 6.07) is 13.9. The number of imidazole rings is 1. The number of halogens is 2. The van der Waals surface area contributed by atoms with Crippen molar-refractivity contribution in [2.45, 2.75) is 6.42 Å². The van der Waals surface area contributed by atoms with Crippen molar-refractivity contribution in [2.75, 3.05) is 5.32 Å². The summed E-state index contributed by atoms with van der Waals surface area (Å²) < 4.78 is 27.6. The lowest BCUT2D eigenvalue weighted by Crippen LogP contribution is -2.14. The predicted molar refractivity (Wildman–Crippen MR) is 119 cm³/mol. The van der Waals surface area contributed by atoms with Gasteiger partial charge in [0.15, 0.2) is 0 Å². The molecule has 5 aromatic rings. The van der Waals surface area contributed by atoms with Crippen LogP contribution < -0.4 is 5.32 Å². The topological polar surface area (TPSA) is 83.6 Å². The van der Waals surface area contributed by atoms with E-state index in [4.69, 9.17) is 0 Å². The average Bonchev–Trinajstić information content (AvgIpc) is 3.42. The first-order chi connectivity index (χ1) is 15.5. The molecule has 0 fully saturated rings. The van der Waals surface area contributed by atoms with Crippen molar-refractivity contribution in [1.82, 2.24) is 19.9 Å². The molecule has 0 saturated heterocycles. The maximum Gasteiger partial charge on any atom is 0.230 e. The van der Waals surface area contributed by atoms with Gasteiger partial charge in [0, 0.05) is 17.3 Å². The molecule has 0 saturated carbocycles. The van der Waals surface area contributed by atoms with Gasteiger partial charge >= 0.3 is 0 Å². The number of amides is 1. The molecule has 1 amide bonds. The van der Waals surface area contributed by atoms with Gasteiger partial charge in [0.2, 0.25) is 5.91 Å². The summed E-state index contributed by atoms with van der Waals surface area (Å²) in [6.45, 7) is 0. The predicted octanol–water partition coefficient (Wildman–Crippen LogP) is 5.21. The summed E-state index contributed by atoms with van der Waals surface area (Å²) in [4.78, 5) is 28.5. The molecular formula is C23H15F2N5OS. The van der Waals surface area contributed by atoms with E-state index in [0.29, 0.717) is 22.4 Å². The number of hydrogen-bond donors (Lipinski definition) is 2. The van der Waals surface area contributed by atoms with Crippen LogP contribution in [0, 0.1) is 11.6 Å². The minimum Gasteiger partial charge on any atom is -0.338 e. The Hall–Kier alpha value is -3.98. The highest BCUT2D eigenvalue weighted by atomic mass is 32.1. The first-order valence-corrected chi connectivity index (χ1v) is 10.5. The van der Waals surface area contributed by atoms with E-state index in [1.165, 1.54) is 11.3 Å². The van der Waals surface area contributed by atoms with E-state index < -0.39 is 11.6 Å². The lowest BCUT2D eigenvalue weighted by molar-refractivity contribution is -0.115. The molecule has 158 valence electrons. The van der Waals surface area contributed by atoms with Gasteiger partial charge in [0.1, 0.15) is 22.5 Å². The van der Waals surface area contributed by atoms with Gasteiger partial charge in [0.25, 0.3) is 0 Å². The zero-order valence-electron chi connectivity index (χ0n) is 16.5.